The van der Waals surface area contributed by atoms with Crippen LogP contribution in [0.5, 0.6) is 0 Å². The van der Waals surface area contributed by atoms with Crippen molar-refractivity contribution >= 4 is 23.2 Å². The summed E-state index contributed by atoms with van der Waals surface area (Å²) >= 11 is 5.86. The van der Waals surface area contributed by atoms with E-state index < -0.39 is 0 Å². The minimum atomic E-state index is -0.185. The van der Waals surface area contributed by atoms with Crippen LogP contribution in [0.1, 0.15) is 17.4 Å². The first kappa shape index (κ1) is 8.12. The van der Waals surface area contributed by atoms with Crippen LogP contribution in [0.3, 0.4) is 0 Å². The number of imidazole rings is 1. The molecular weight excluding hydrogens is 192 g/mol. The van der Waals surface area contributed by atoms with Gasteiger partial charge in [0, 0.05) is 13.1 Å². The molecule has 0 spiro atoms. The van der Waals surface area contributed by atoms with E-state index in [1.54, 1.807) is 6.20 Å². The number of hydrogen-bond donors (Lipinski definition) is 0. The van der Waals surface area contributed by atoms with Crippen LogP contribution < -0.4 is 0 Å². The molecule has 66 valence electrons. The van der Waals surface area contributed by atoms with E-state index in [0.717, 1.165) is 0 Å². The average molecular weight is 197 g/mol. The van der Waals surface area contributed by atoms with Gasteiger partial charge in [0.05, 0.1) is 6.20 Å². The minimum Gasteiger partial charge on any atom is -0.293 e. The molecule has 13 heavy (non-hydrogen) atoms. The topological polar surface area (TPSA) is 60.2 Å². The monoisotopic (exact) mass is 196 g/mol. The summed E-state index contributed by atoms with van der Waals surface area (Å²) < 4.78 is 1.51. The highest BCUT2D eigenvalue weighted by Crippen LogP contribution is 2.16. The predicted octanol–water partition coefficient (Wildman–Crippen LogP) is 0.980. The van der Waals surface area contributed by atoms with Gasteiger partial charge < -0.3 is 0 Å². The van der Waals surface area contributed by atoms with Gasteiger partial charge >= 0.3 is 0 Å². The van der Waals surface area contributed by atoms with Crippen molar-refractivity contribution in [3.63, 3.8) is 0 Å². The lowest BCUT2D eigenvalue weighted by molar-refractivity contribution is 0.101. The molecule has 2 aromatic rings. The zero-order valence-electron chi connectivity index (χ0n) is 6.73. The SMILES string of the molecule is CC(=O)c1nc2nnccn2c1Cl. The van der Waals surface area contributed by atoms with E-state index in [1.807, 2.05) is 0 Å². The molecule has 0 saturated heterocycles. The number of halogens is 1. The summed E-state index contributed by atoms with van der Waals surface area (Å²) in [7, 11) is 0. The van der Waals surface area contributed by atoms with Gasteiger partial charge in [0.15, 0.2) is 5.78 Å². The first-order valence-electron chi connectivity index (χ1n) is 3.56. The summed E-state index contributed by atoms with van der Waals surface area (Å²) in [5, 5.41) is 7.61. The van der Waals surface area contributed by atoms with Crippen molar-refractivity contribution in [2.45, 2.75) is 6.92 Å². The van der Waals surface area contributed by atoms with Crippen molar-refractivity contribution in [1.29, 1.82) is 0 Å². The standard InChI is InChI=1S/C7H5ClN4O/c1-4(13)5-6(8)12-3-2-9-11-7(12)10-5/h2-3H,1H3. The Morgan fingerprint density at radius 3 is 3.00 bits per heavy atom. The minimum absolute atomic E-state index is 0.185. The highest BCUT2D eigenvalue weighted by atomic mass is 35.5. The Labute approximate surface area is 78.4 Å². The Bertz CT molecular complexity index is 478. The molecule has 2 heterocycles. The molecule has 0 atom stereocenters. The van der Waals surface area contributed by atoms with Gasteiger partial charge in [-0.15, -0.1) is 5.10 Å². The van der Waals surface area contributed by atoms with E-state index >= 15 is 0 Å². The van der Waals surface area contributed by atoms with Crippen LogP contribution in [0, 0.1) is 0 Å². The number of carbonyl (C=O) groups is 1. The fourth-order valence-corrected chi connectivity index (χ4v) is 1.32. The number of Topliss-reactive ketones (excluding diaryl/α,β-unsaturated/α-hetero) is 1. The lowest BCUT2D eigenvalue weighted by Gasteiger charge is -1.90. The fraction of sp³-hybridized carbons (Fsp3) is 0.143. The number of fused-ring (bicyclic) bond motifs is 1. The molecule has 0 unspecified atom stereocenters. The Balaban J connectivity index is 2.81. The second-order valence-electron chi connectivity index (χ2n) is 2.49. The van der Waals surface area contributed by atoms with E-state index in [4.69, 9.17) is 11.6 Å². The highest BCUT2D eigenvalue weighted by molar-refractivity contribution is 6.32. The summed E-state index contributed by atoms with van der Waals surface area (Å²) in [5.74, 6) is 0.146. The molecule has 0 aliphatic heterocycles. The van der Waals surface area contributed by atoms with Gasteiger partial charge in [-0.3, -0.25) is 9.20 Å². The lowest BCUT2D eigenvalue weighted by atomic mass is 10.3. The van der Waals surface area contributed by atoms with Crippen LogP contribution in [0.4, 0.5) is 0 Å². The van der Waals surface area contributed by atoms with Gasteiger partial charge in [0.25, 0.3) is 5.78 Å². The van der Waals surface area contributed by atoms with Gasteiger partial charge in [-0.05, 0) is 0 Å². The van der Waals surface area contributed by atoms with Crippen LogP contribution in [0.15, 0.2) is 12.4 Å². The fourth-order valence-electron chi connectivity index (χ4n) is 1.01. The number of carbonyl (C=O) groups excluding carboxylic acids is 1. The third-order valence-electron chi connectivity index (χ3n) is 1.60. The van der Waals surface area contributed by atoms with Crippen molar-refractivity contribution in [1.82, 2.24) is 19.6 Å². The summed E-state index contributed by atoms with van der Waals surface area (Å²) in [6, 6.07) is 0. The van der Waals surface area contributed by atoms with E-state index in [0.29, 0.717) is 5.78 Å². The molecule has 0 bridgehead atoms. The van der Waals surface area contributed by atoms with Crippen LogP contribution in [-0.2, 0) is 0 Å². The zero-order valence-corrected chi connectivity index (χ0v) is 7.49. The van der Waals surface area contributed by atoms with E-state index in [-0.39, 0.29) is 16.6 Å². The molecule has 2 rings (SSSR count). The highest BCUT2D eigenvalue weighted by Gasteiger charge is 2.13. The second kappa shape index (κ2) is 2.77. The maximum absolute atomic E-state index is 11.0. The quantitative estimate of drug-likeness (QED) is 0.638. The molecule has 0 aromatic carbocycles. The molecule has 0 aliphatic carbocycles. The predicted molar refractivity (Wildman–Crippen MR) is 45.8 cm³/mol. The number of aromatic nitrogens is 4. The van der Waals surface area contributed by atoms with E-state index in [9.17, 15) is 4.79 Å². The normalized spacial score (nSPS) is 10.6. The second-order valence-corrected chi connectivity index (χ2v) is 2.85. The number of nitrogens with zero attached hydrogens (tertiary/aromatic N) is 4. The van der Waals surface area contributed by atoms with Crippen LogP contribution in [0.25, 0.3) is 5.78 Å². The molecule has 0 amide bonds. The summed E-state index contributed by atoms with van der Waals surface area (Å²) in [6.45, 7) is 1.40. The van der Waals surface area contributed by atoms with Gasteiger partial charge in [-0.1, -0.05) is 11.6 Å². The number of ketones is 1. The van der Waals surface area contributed by atoms with Crippen LogP contribution in [0.2, 0.25) is 5.15 Å². The maximum atomic E-state index is 11.0. The molecule has 0 radical (unpaired) electrons. The molecule has 2 aromatic heterocycles. The molecule has 6 heteroatoms. The van der Waals surface area contributed by atoms with E-state index in [2.05, 4.69) is 15.2 Å². The smallest absolute Gasteiger partial charge is 0.255 e. The van der Waals surface area contributed by atoms with Crippen LogP contribution in [-0.4, -0.2) is 25.4 Å². The Hall–Kier alpha value is -1.49. The van der Waals surface area contributed by atoms with Gasteiger partial charge in [-0.2, -0.15) is 5.10 Å². The molecule has 0 aliphatic rings. The number of rotatable bonds is 1. The molecular formula is C7H5ClN4O. The summed E-state index contributed by atoms with van der Waals surface area (Å²) in [4.78, 5) is 14.9. The van der Waals surface area contributed by atoms with Gasteiger partial charge in [-0.25, -0.2) is 4.98 Å². The molecule has 5 nitrogen and oxygen atoms in total. The van der Waals surface area contributed by atoms with Crippen LogP contribution >= 0.6 is 11.6 Å². The van der Waals surface area contributed by atoms with Crippen molar-refractivity contribution in [2.24, 2.45) is 0 Å². The Morgan fingerprint density at radius 2 is 2.38 bits per heavy atom. The zero-order chi connectivity index (χ0) is 9.42. The Kier molecular flexibility index (Phi) is 1.73. The van der Waals surface area contributed by atoms with Crippen molar-refractivity contribution < 1.29 is 4.79 Å². The molecule has 0 N–H and O–H groups in total. The van der Waals surface area contributed by atoms with Crippen molar-refractivity contribution in [2.75, 3.05) is 0 Å². The summed E-state index contributed by atoms with van der Waals surface area (Å²) in [6.07, 6.45) is 3.08. The van der Waals surface area contributed by atoms with Crippen molar-refractivity contribution in [3.8, 4) is 0 Å². The van der Waals surface area contributed by atoms with Gasteiger partial charge in [0.2, 0.25) is 0 Å². The molecule has 0 saturated carbocycles. The number of hydrogen-bond acceptors (Lipinski definition) is 4. The largest absolute Gasteiger partial charge is 0.293 e. The summed E-state index contributed by atoms with van der Waals surface area (Å²) in [5.41, 5.74) is 0.224. The lowest BCUT2D eigenvalue weighted by Crippen LogP contribution is -1.92. The van der Waals surface area contributed by atoms with Crippen molar-refractivity contribution in [3.05, 3.63) is 23.2 Å². The molecule has 0 fully saturated rings. The average Bonchev–Trinajstić information content (AvgIpc) is 2.45. The first-order valence-corrected chi connectivity index (χ1v) is 3.94. The van der Waals surface area contributed by atoms with E-state index in [1.165, 1.54) is 17.5 Å². The maximum Gasteiger partial charge on any atom is 0.255 e. The third kappa shape index (κ3) is 1.17. The van der Waals surface area contributed by atoms with Gasteiger partial charge in [0.1, 0.15) is 10.8 Å². The Morgan fingerprint density at radius 1 is 1.62 bits per heavy atom. The third-order valence-corrected chi connectivity index (χ3v) is 1.96. The first-order chi connectivity index (χ1) is 6.20.